The zero-order valence-electron chi connectivity index (χ0n) is 18.7. The molecule has 1 fully saturated rings. The monoisotopic (exact) mass is 410 g/mol. The van der Waals surface area contributed by atoms with E-state index in [1.54, 1.807) is 0 Å². The maximum atomic E-state index is 11.1. The normalized spacial score (nSPS) is 16.4. The van der Waals surface area contributed by atoms with E-state index >= 15 is 0 Å². The van der Waals surface area contributed by atoms with E-state index in [9.17, 15) is 5.11 Å². The fourth-order valence-electron chi connectivity index (χ4n) is 4.06. The van der Waals surface area contributed by atoms with Crippen LogP contribution >= 0.6 is 0 Å². The molecule has 0 atom stereocenters. The van der Waals surface area contributed by atoms with Crippen molar-refractivity contribution in [3.05, 3.63) is 60.2 Å². The quantitative estimate of drug-likeness (QED) is 0.522. The molecule has 0 spiro atoms. The summed E-state index contributed by atoms with van der Waals surface area (Å²) in [6.07, 6.45) is 6.03. The Balaban J connectivity index is 1.40. The minimum atomic E-state index is -0.552. The van der Waals surface area contributed by atoms with E-state index < -0.39 is 5.60 Å². The first-order valence-electron chi connectivity index (χ1n) is 11.5. The van der Waals surface area contributed by atoms with Gasteiger partial charge in [0.15, 0.2) is 0 Å². The van der Waals surface area contributed by atoms with Crippen molar-refractivity contribution in [2.24, 2.45) is 0 Å². The number of ether oxygens (including phenoxy) is 1. The van der Waals surface area contributed by atoms with E-state index in [1.165, 1.54) is 24.1 Å². The van der Waals surface area contributed by atoms with Crippen LogP contribution in [0.4, 0.5) is 5.69 Å². The molecular formula is C26H38N2O2. The van der Waals surface area contributed by atoms with Crippen molar-refractivity contribution in [2.45, 2.75) is 57.6 Å². The van der Waals surface area contributed by atoms with Crippen molar-refractivity contribution in [1.29, 1.82) is 0 Å². The summed E-state index contributed by atoms with van der Waals surface area (Å²) in [5.74, 6) is 0.938. The number of nitrogens with zero attached hydrogens (tertiary/aromatic N) is 2. The van der Waals surface area contributed by atoms with Crippen molar-refractivity contribution in [3.63, 3.8) is 0 Å². The van der Waals surface area contributed by atoms with Gasteiger partial charge >= 0.3 is 0 Å². The summed E-state index contributed by atoms with van der Waals surface area (Å²) in [5, 5.41) is 11.1. The van der Waals surface area contributed by atoms with Gasteiger partial charge in [-0.25, -0.2) is 0 Å². The maximum Gasteiger partial charge on any atom is 0.119 e. The first-order chi connectivity index (χ1) is 14.6. The van der Waals surface area contributed by atoms with Gasteiger partial charge in [-0.05, 0) is 55.5 Å². The highest BCUT2D eigenvalue weighted by atomic mass is 16.5. The van der Waals surface area contributed by atoms with Gasteiger partial charge in [0.2, 0.25) is 0 Å². The average Bonchev–Trinajstić information content (AvgIpc) is 2.78. The summed E-state index contributed by atoms with van der Waals surface area (Å²) < 4.78 is 5.80. The van der Waals surface area contributed by atoms with E-state index in [-0.39, 0.29) is 0 Å². The summed E-state index contributed by atoms with van der Waals surface area (Å²) in [7, 11) is 2.10. The number of rotatable bonds is 11. The Morgan fingerprint density at radius 1 is 1.00 bits per heavy atom. The van der Waals surface area contributed by atoms with Crippen LogP contribution in [0.1, 0.15) is 51.0 Å². The van der Waals surface area contributed by atoms with Crippen LogP contribution in [0, 0.1) is 0 Å². The van der Waals surface area contributed by atoms with Crippen molar-refractivity contribution in [2.75, 3.05) is 38.2 Å². The minimum Gasteiger partial charge on any atom is -0.494 e. The van der Waals surface area contributed by atoms with Crippen LogP contribution in [0.2, 0.25) is 0 Å². The molecule has 1 heterocycles. The lowest BCUT2D eigenvalue weighted by Gasteiger charge is -2.39. The molecule has 4 heteroatoms. The third-order valence-electron chi connectivity index (χ3n) is 6.24. The zero-order chi connectivity index (χ0) is 21.2. The molecule has 0 aromatic heterocycles. The molecule has 0 bridgehead atoms. The average molecular weight is 411 g/mol. The lowest BCUT2D eigenvalue weighted by molar-refractivity contribution is -0.0275. The fraction of sp³-hybridized carbons (Fsp3) is 0.538. The van der Waals surface area contributed by atoms with Crippen molar-refractivity contribution in [3.8, 4) is 5.75 Å². The number of benzene rings is 2. The number of unbranched alkanes of at least 4 members (excludes halogenated alkanes) is 2. The molecule has 0 aliphatic carbocycles. The molecule has 1 N–H and O–H groups in total. The van der Waals surface area contributed by atoms with Gasteiger partial charge in [-0.2, -0.15) is 0 Å². The van der Waals surface area contributed by atoms with Crippen LogP contribution in [0.15, 0.2) is 54.6 Å². The predicted octanol–water partition coefficient (Wildman–Crippen LogP) is 5.11. The molecule has 30 heavy (non-hydrogen) atoms. The highest BCUT2D eigenvalue weighted by molar-refractivity contribution is 5.48. The van der Waals surface area contributed by atoms with Gasteiger partial charge in [-0.15, -0.1) is 0 Å². The van der Waals surface area contributed by atoms with E-state index in [0.29, 0.717) is 0 Å². The second-order valence-corrected chi connectivity index (χ2v) is 8.71. The Hall–Kier alpha value is -2.04. The molecule has 1 aliphatic heterocycles. The molecular weight excluding hydrogens is 372 g/mol. The third-order valence-corrected chi connectivity index (χ3v) is 6.24. The number of hydrogen-bond acceptors (Lipinski definition) is 4. The maximum absolute atomic E-state index is 11.1. The molecule has 0 unspecified atom stereocenters. The Morgan fingerprint density at radius 2 is 1.70 bits per heavy atom. The van der Waals surface area contributed by atoms with E-state index in [1.807, 2.05) is 0 Å². The van der Waals surface area contributed by atoms with Crippen molar-refractivity contribution in [1.82, 2.24) is 4.90 Å². The first kappa shape index (κ1) is 22.6. The smallest absolute Gasteiger partial charge is 0.119 e. The van der Waals surface area contributed by atoms with E-state index in [2.05, 4.69) is 78.4 Å². The molecule has 1 aliphatic rings. The van der Waals surface area contributed by atoms with Crippen LogP contribution in [0.5, 0.6) is 5.75 Å². The first-order valence-corrected chi connectivity index (χ1v) is 11.5. The predicted molar refractivity (Wildman–Crippen MR) is 125 cm³/mol. The molecule has 2 aromatic rings. The highest BCUT2D eigenvalue weighted by Crippen LogP contribution is 2.28. The molecule has 4 nitrogen and oxygen atoms in total. The molecule has 0 saturated carbocycles. The molecule has 164 valence electrons. The van der Waals surface area contributed by atoms with Gasteiger partial charge in [-0.3, -0.25) is 4.90 Å². The lowest BCUT2D eigenvalue weighted by atomic mass is 9.88. The molecule has 3 rings (SSSR count). The van der Waals surface area contributed by atoms with Gasteiger partial charge in [0, 0.05) is 38.9 Å². The SMILES string of the molecule is CCCCCOc1ccc(N(C)CCC2(O)CCN(Cc3ccccc3)CC2)cc1. The van der Waals surface area contributed by atoms with Crippen LogP contribution in [-0.4, -0.2) is 48.9 Å². The topological polar surface area (TPSA) is 35.9 Å². The van der Waals surface area contributed by atoms with Crippen molar-refractivity contribution < 1.29 is 9.84 Å². The van der Waals surface area contributed by atoms with Crippen LogP contribution < -0.4 is 9.64 Å². The Labute approximate surface area is 182 Å². The number of piperidine rings is 1. The Bertz CT molecular complexity index is 724. The highest BCUT2D eigenvalue weighted by Gasteiger charge is 2.32. The molecule has 1 saturated heterocycles. The minimum absolute atomic E-state index is 0.552. The van der Waals surface area contributed by atoms with Gasteiger partial charge in [0.05, 0.1) is 12.2 Å². The molecule has 2 aromatic carbocycles. The summed E-state index contributed by atoms with van der Waals surface area (Å²) in [6, 6.07) is 18.9. The second kappa shape index (κ2) is 11.4. The molecule has 0 amide bonds. The number of anilines is 1. The largest absolute Gasteiger partial charge is 0.494 e. The van der Waals surface area contributed by atoms with E-state index in [0.717, 1.165) is 64.2 Å². The fourth-order valence-corrected chi connectivity index (χ4v) is 4.06. The standard InChI is InChI=1S/C26H38N2O2/c1-3-4-8-21-30-25-13-11-24(12-14-25)27(2)18-15-26(29)16-19-28(20-17-26)22-23-9-6-5-7-10-23/h5-7,9-14,29H,3-4,8,15-22H2,1-2H3. The lowest BCUT2D eigenvalue weighted by Crippen LogP contribution is -2.45. The molecule has 0 radical (unpaired) electrons. The summed E-state index contributed by atoms with van der Waals surface area (Å²) in [5.41, 5.74) is 1.96. The Morgan fingerprint density at radius 3 is 2.37 bits per heavy atom. The number of likely N-dealkylation sites (tertiary alicyclic amines) is 1. The summed E-state index contributed by atoms with van der Waals surface area (Å²) in [6.45, 7) is 6.74. The van der Waals surface area contributed by atoms with Crippen LogP contribution in [0.3, 0.4) is 0 Å². The van der Waals surface area contributed by atoms with E-state index in [4.69, 9.17) is 4.74 Å². The van der Waals surface area contributed by atoms with Crippen LogP contribution in [0.25, 0.3) is 0 Å². The Kier molecular flexibility index (Phi) is 8.59. The summed E-state index contributed by atoms with van der Waals surface area (Å²) >= 11 is 0. The third kappa shape index (κ3) is 7.03. The van der Waals surface area contributed by atoms with Gasteiger partial charge in [0.25, 0.3) is 0 Å². The number of hydrogen-bond donors (Lipinski definition) is 1. The van der Waals surface area contributed by atoms with Crippen molar-refractivity contribution >= 4 is 5.69 Å². The van der Waals surface area contributed by atoms with Gasteiger partial charge in [-0.1, -0.05) is 50.1 Å². The van der Waals surface area contributed by atoms with Gasteiger partial charge in [0.1, 0.15) is 5.75 Å². The summed E-state index contributed by atoms with van der Waals surface area (Å²) in [4.78, 5) is 4.68. The number of aliphatic hydroxyl groups is 1. The van der Waals surface area contributed by atoms with Gasteiger partial charge < -0.3 is 14.7 Å². The van der Waals surface area contributed by atoms with Crippen LogP contribution in [-0.2, 0) is 6.54 Å². The zero-order valence-corrected chi connectivity index (χ0v) is 18.7. The second-order valence-electron chi connectivity index (χ2n) is 8.71.